The van der Waals surface area contributed by atoms with Crippen molar-refractivity contribution in [3.05, 3.63) is 0 Å². The lowest BCUT2D eigenvalue weighted by atomic mass is 10.1. The molecule has 0 aromatic rings. The molecule has 0 saturated carbocycles. The fraction of sp³-hybridized carbons (Fsp3) is 0.727. The molecule has 1 N–H and O–H groups in total. The number of carbonyl (C=O) groups excluding carboxylic acids is 2. The number of nitrogens with zero attached hydrogens (tertiary/aromatic N) is 2. The van der Waals surface area contributed by atoms with Gasteiger partial charge in [-0.3, -0.25) is 9.59 Å². The van der Waals surface area contributed by atoms with Gasteiger partial charge in [-0.2, -0.15) is 0 Å². The van der Waals surface area contributed by atoms with E-state index in [9.17, 15) is 14.4 Å². The molecule has 8 heteroatoms. The lowest BCUT2D eigenvalue weighted by Crippen LogP contribution is -2.58. The Kier molecular flexibility index (Phi) is 4.31. The predicted octanol–water partition coefficient (Wildman–Crippen LogP) is -0.780. The molecule has 2 heterocycles. The molecule has 0 aliphatic carbocycles. The number of rotatable bonds is 2. The topological polar surface area (TPSA) is 87.2 Å². The number of amides is 2. The normalized spacial score (nSPS) is 27.4. The van der Waals surface area contributed by atoms with Gasteiger partial charge in [-0.1, -0.05) is 0 Å². The van der Waals surface area contributed by atoms with Crippen LogP contribution in [0.25, 0.3) is 0 Å². The smallest absolute Gasteiger partial charge is 0.328 e. The van der Waals surface area contributed by atoms with Crippen molar-refractivity contribution in [3.8, 4) is 0 Å². The van der Waals surface area contributed by atoms with Crippen LogP contribution in [-0.2, 0) is 19.1 Å². The summed E-state index contributed by atoms with van der Waals surface area (Å²) in [7, 11) is 0. The van der Waals surface area contributed by atoms with Crippen molar-refractivity contribution in [1.82, 2.24) is 9.80 Å². The van der Waals surface area contributed by atoms with Crippen LogP contribution in [0.5, 0.6) is 0 Å². The van der Waals surface area contributed by atoms with Crippen LogP contribution < -0.4 is 0 Å². The molecule has 2 unspecified atom stereocenters. The summed E-state index contributed by atoms with van der Waals surface area (Å²) in [5.41, 5.74) is 0. The summed E-state index contributed by atoms with van der Waals surface area (Å²) in [6, 6.07) is -1.51. The first-order valence-corrected chi connectivity index (χ1v) is 7.14. The van der Waals surface area contributed by atoms with Crippen molar-refractivity contribution >= 4 is 29.5 Å². The Morgan fingerprint density at radius 2 is 2.00 bits per heavy atom. The Morgan fingerprint density at radius 1 is 1.26 bits per heavy atom. The van der Waals surface area contributed by atoms with Crippen LogP contribution in [0.15, 0.2) is 0 Å². The molecule has 2 fully saturated rings. The summed E-state index contributed by atoms with van der Waals surface area (Å²) < 4.78 is 5.10. The standard InChI is InChI=1S/C11H16N2O5S/c1-7(14)13-6-19-5-9(13)10(15)12-2-3-18-4-8(12)11(16)17/h8-9H,2-6H2,1H3,(H,16,17). The minimum absolute atomic E-state index is 0.001000. The Hall–Kier alpha value is -1.28. The zero-order chi connectivity index (χ0) is 14.0. The number of hydrogen-bond acceptors (Lipinski definition) is 5. The quantitative estimate of drug-likeness (QED) is 0.717. The molecule has 19 heavy (non-hydrogen) atoms. The minimum Gasteiger partial charge on any atom is -0.480 e. The fourth-order valence-electron chi connectivity index (χ4n) is 2.22. The van der Waals surface area contributed by atoms with Crippen LogP contribution in [0.1, 0.15) is 6.92 Å². The molecule has 2 rings (SSSR count). The van der Waals surface area contributed by atoms with Crippen molar-refractivity contribution in [2.75, 3.05) is 31.4 Å². The van der Waals surface area contributed by atoms with E-state index in [2.05, 4.69) is 0 Å². The average molecular weight is 288 g/mol. The summed E-state index contributed by atoms with van der Waals surface area (Å²) >= 11 is 1.50. The van der Waals surface area contributed by atoms with Gasteiger partial charge in [0.1, 0.15) is 6.04 Å². The third-order valence-electron chi connectivity index (χ3n) is 3.27. The van der Waals surface area contributed by atoms with Crippen LogP contribution in [0.4, 0.5) is 0 Å². The van der Waals surface area contributed by atoms with Gasteiger partial charge < -0.3 is 19.6 Å². The van der Waals surface area contributed by atoms with E-state index < -0.39 is 18.1 Å². The molecule has 0 bridgehead atoms. The van der Waals surface area contributed by atoms with E-state index in [1.807, 2.05) is 0 Å². The third-order valence-corrected chi connectivity index (χ3v) is 4.28. The number of ether oxygens (including phenoxy) is 1. The molecule has 2 saturated heterocycles. The van der Waals surface area contributed by atoms with Crippen LogP contribution in [0, 0.1) is 0 Å². The fourth-order valence-corrected chi connectivity index (χ4v) is 3.43. The van der Waals surface area contributed by atoms with Gasteiger partial charge in [-0.25, -0.2) is 4.79 Å². The highest BCUT2D eigenvalue weighted by molar-refractivity contribution is 7.99. The van der Waals surface area contributed by atoms with Gasteiger partial charge >= 0.3 is 5.97 Å². The zero-order valence-electron chi connectivity index (χ0n) is 10.6. The highest BCUT2D eigenvalue weighted by atomic mass is 32.2. The van der Waals surface area contributed by atoms with Gasteiger partial charge in [0.2, 0.25) is 11.8 Å². The maximum Gasteiger partial charge on any atom is 0.328 e. The van der Waals surface area contributed by atoms with E-state index in [-0.39, 0.29) is 25.0 Å². The summed E-state index contributed by atoms with van der Waals surface area (Å²) in [4.78, 5) is 37.8. The van der Waals surface area contributed by atoms with E-state index >= 15 is 0 Å². The average Bonchev–Trinajstić information content (AvgIpc) is 2.87. The van der Waals surface area contributed by atoms with Gasteiger partial charge in [0.05, 0.1) is 19.1 Å². The molecule has 106 valence electrons. The van der Waals surface area contributed by atoms with E-state index in [1.54, 1.807) is 0 Å². The Morgan fingerprint density at radius 3 is 2.63 bits per heavy atom. The SMILES string of the molecule is CC(=O)N1CSCC1C(=O)N1CCOCC1C(=O)O. The van der Waals surface area contributed by atoms with E-state index in [1.165, 1.54) is 28.5 Å². The lowest BCUT2D eigenvalue weighted by Gasteiger charge is -2.36. The number of carboxylic acids is 1. The second kappa shape index (κ2) is 5.79. The van der Waals surface area contributed by atoms with Crippen molar-refractivity contribution in [2.45, 2.75) is 19.0 Å². The Balaban J connectivity index is 2.13. The van der Waals surface area contributed by atoms with Gasteiger partial charge in [0.25, 0.3) is 0 Å². The molecular weight excluding hydrogens is 272 g/mol. The Labute approximate surface area is 114 Å². The Bertz CT molecular complexity index is 403. The summed E-state index contributed by atoms with van der Waals surface area (Å²) in [5, 5.41) is 9.12. The van der Waals surface area contributed by atoms with Crippen LogP contribution >= 0.6 is 11.8 Å². The van der Waals surface area contributed by atoms with Crippen molar-refractivity contribution in [2.24, 2.45) is 0 Å². The van der Waals surface area contributed by atoms with Crippen molar-refractivity contribution in [1.29, 1.82) is 0 Å². The molecule has 2 amide bonds. The molecular formula is C11H16N2O5S. The van der Waals surface area contributed by atoms with E-state index in [4.69, 9.17) is 9.84 Å². The van der Waals surface area contributed by atoms with Gasteiger partial charge in [0.15, 0.2) is 6.04 Å². The molecule has 0 aromatic carbocycles. The molecule has 7 nitrogen and oxygen atoms in total. The van der Waals surface area contributed by atoms with Crippen LogP contribution in [0.2, 0.25) is 0 Å². The number of carbonyl (C=O) groups is 3. The third kappa shape index (κ3) is 2.84. The van der Waals surface area contributed by atoms with Crippen LogP contribution in [-0.4, -0.2) is 76.2 Å². The summed E-state index contributed by atoms with van der Waals surface area (Å²) in [5.74, 6) is -0.539. The first-order chi connectivity index (χ1) is 9.02. The first kappa shape index (κ1) is 14.1. The van der Waals surface area contributed by atoms with Gasteiger partial charge in [0, 0.05) is 19.2 Å². The molecule has 2 atom stereocenters. The minimum atomic E-state index is -1.08. The monoisotopic (exact) mass is 288 g/mol. The second-order valence-electron chi connectivity index (χ2n) is 4.47. The highest BCUT2D eigenvalue weighted by Crippen LogP contribution is 2.24. The number of morpholine rings is 1. The largest absolute Gasteiger partial charge is 0.480 e. The van der Waals surface area contributed by atoms with Gasteiger partial charge in [-0.15, -0.1) is 11.8 Å². The van der Waals surface area contributed by atoms with Gasteiger partial charge in [-0.05, 0) is 0 Å². The zero-order valence-corrected chi connectivity index (χ0v) is 11.4. The maximum absolute atomic E-state index is 12.4. The number of thioether (sulfide) groups is 1. The lowest BCUT2D eigenvalue weighted by molar-refractivity contribution is -0.161. The van der Waals surface area contributed by atoms with E-state index in [0.29, 0.717) is 18.2 Å². The number of hydrogen-bond donors (Lipinski definition) is 1. The molecule has 2 aliphatic heterocycles. The van der Waals surface area contributed by atoms with Crippen molar-refractivity contribution < 1.29 is 24.2 Å². The summed E-state index contributed by atoms with van der Waals surface area (Å²) in [6.45, 7) is 2.00. The molecule has 0 spiro atoms. The maximum atomic E-state index is 12.4. The molecule has 0 radical (unpaired) electrons. The van der Waals surface area contributed by atoms with E-state index in [0.717, 1.165) is 0 Å². The summed E-state index contributed by atoms with van der Waals surface area (Å²) in [6.07, 6.45) is 0. The number of aliphatic carboxylic acids is 1. The van der Waals surface area contributed by atoms with Crippen molar-refractivity contribution in [3.63, 3.8) is 0 Å². The first-order valence-electron chi connectivity index (χ1n) is 5.98. The predicted molar refractivity (Wildman–Crippen MR) is 67.6 cm³/mol. The number of carboxylic acid groups (broad SMARTS) is 1. The second-order valence-corrected chi connectivity index (χ2v) is 5.46. The highest BCUT2D eigenvalue weighted by Gasteiger charge is 2.40. The van der Waals surface area contributed by atoms with Crippen LogP contribution in [0.3, 0.4) is 0 Å². The molecule has 2 aliphatic rings. The molecule has 0 aromatic heterocycles.